The van der Waals surface area contributed by atoms with E-state index >= 15 is 0 Å². The van der Waals surface area contributed by atoms with Gasteiger partial charge in [-0.15, -0.1) is 0 Å². The zero-order valence-corrected chi connectivity index (χ0v) is 10.9. The monoisotopic (exact) mass is 231 g/mol. The highest BCUT2D eigenvalue weighted by atomic mass is 15.3. The van der Waals surface area contributed by atoms with E-state index < -0.39 is 0 Å². The van der Waals surface area contributed by atoms with Gasteiger partial charge in [-0.2, -0.15) is 0 Å². The average Bonchev–Trinajstić information content (AvgIpc) is 2.70. The van der Waals surface area contributed by atoms with Crippen molar-refractivity contribution in [1.82, 2.24) is 0 Å². The molecule has 0 saturated heterocycles. The molecule has 1 aromatic rings. The topological polar surface area (TPSA) is 41.6 Å². The van der Waals surface area contributed by atoms with Crippen molar-refractivity contribution >= 4 is 11.6 Å². The molecule has 0 saturated carbocycles. The molecule has 0 amide bonds. The van der Waals surface area contributed by atoms with Crippen LogP contribution in [0.25, 0.3) is 0 Å². The van der Waals surface area contributed by atoms with Crippen LogP contribution in [0.15, 0.2) is 29.3 Å². The largest absolute Gasteiger partial charge is 0.370 e. The van der Waals surface area contributed by atoms with E-state index in [0.29, 0.717) is 17.9 Å². The number of aliphatic imine (C=N–C) groups is 1. The van der Waals surface area contributed by atoms with Gasteiger partial charge in [-0.25, -0.2) is 0 Å². The number of nitrogens with zero attached hydrogens (tertiary/aromatic N) is 2. The zero-order chi connectivity index (χ0) is 12.4. The van der Waals surface area contributed by atoms with Crippen LogP contribution < -0.4 is 10.6 Å². The summed E-state index contributed by atoms with van der Waals surface area (Å²) in [5.41, 5.74) is 8.44. The molecule has 2 N–H and O–H groups in total. The van der Waals surface area contributed by atoms with Crippen LogP contribution in [0, 0.1) is 12.8 Å². The molecule has 2 rings (SSSR count). The second-order valence-electron chi connectivity index (χ2n) is 4.86. The van der Waals surface area contributed by atoms with Gasteiger partial charge in [-0.05, 0) is 30.5 Å². The lowest BCUT2D eigenvalue weighted by atomic mass is 9.98. The molecule has 0 bridgehead atoms. The standard InChI is InChI=1S/C14H21N3/c1-4-11(3)13-9-16-14(15)17(13)12-7-5-6-10(2)8-12/h5-8,11,13H,4,9H2,1-3H3,(H2,15,16). The summed E-state index contributed by atoms with van der Waals surface area (Å²) < 4.78 is 0. The van der Waals surface area contributed by atoms with E-state index in [0.717, 1.165) is 18.7 Å². The molecular weight excluding hydrogens is 210 g/mol. The Bertz CT molecular complexity index is 425. The van der Waals surface area contributed by atoms with Crippen molar-refractivity contribution in [3.05, 3.63) is 29.8 Å². The number of hydrogen-bond donors (Lipinski definition) is 1. The van der Waals surface area contributed by atoms with Crippen LogP contribution in [-0.2, 0) is 0 Å². The predicted molar refractivity (Wildman–Crippen MR) is 73.4 cm³/mol. The summed E-state index contributed by atoms with van der Waals surface area (Å²) in [5, 5.41) is 0. The van der Waals surface area contributed by atoms with Crippen molar-refractivity contribution < 1.29 is 0 Å². The minimum atomic E-state index is 0.404. The normalized spacial score (nSPS) is 21.5. The van der Waals surface area contributed by atoms with Gasteiger partial charge in [-0.1, -0.05) is 32.4 Å². The highest BCUT2D eigenvalue weighted by Gasteiger charge is 2.30. The first-order valence-corrected chi connectivity index (χ1v) is 6.29. The fourth-order valence-electron chi connectivity index (χ4n) is 2.32. The van der Waals surface area contributed by atoms with Gasteiger partial charge >= 0.3 is 0 Å². The average molecular weight is 231 g/mol. The van der Waals surface area contributed by atoms with E-state index in [2.05, 4.69) is 54.9 Å². The van der Waals surface area contributed by atoms with E-state index in [1.54, 1.807) is 0 Å². The lowest BCUT2D eigenvalue weighted by Gasteiger charge is -2.30. The van der Waals surface area contributed by atoms with Crippen molar-refractivity contribution in [3.63, 3.8) is 0 Å². The van der Waals surface area contributed by atoms with Crippen LogP contribution in [0.2, 0.25) is 0 Å². The number of hydrogen-bond acceptors (Lipinski definition) is 3. The molecule has 3 nitrogen and oxygen atoms in total. The summed E-state index contributed by atoms with van der Waals surface area (Å²) in [6.07, 6.45) is 1.15. The molecule has 0 fully saturated rings. The summed E-state index contributed by atoms with van der Waals surface area (Å²) in [5.74, 6) is 1.25. The molecule has 0 radical (unpaired) electrons. The van der Waals surface area contributed by atoms with E-state index in [4.69, 9.17) is 5.73 Å². The molecule has 1 aliphatic rings. The van der Waals surface area contributed by atoms with E-state index in [9.17, 15) is 0 Å². The van der Waals surface area contributed by atoms with Crippen LogP contribution in [0.3, 0.4) is 0 Å². The van der Waals surface area contributed by atoms with Gasteiger partial charge in [0.15, 0.2) is 5.96 Å². The fraction of sp³-hybridized carbons (Fsp3) is 0.500. The summed E-state index contributed by atoms with van der Waals surface area (Å²) in [7, 11) is 0. The lowest BCUT2D eigenvalue weighted by molar-refractivity contribution is 0.462. The van der Waals surface area contributed by atoms with Crippen LogP contribution in [-0.4, -0.2) is 18.5 Å². The molecule has 3 heteroatoms. The lowest BCUT2D eigenvalue weighted by Crippen LogP contribution is -2.44. The second-order valence-corrected chi connectivity index (χ2v) is 4.86. The minimum Gasteiger partial charge on any atom is -0.370 e. The van der Waals surface area contributed by atoms with Crippen molar-refractivity contribution in [2.45, 2.75) is 33.2 Å². The second kappa shape index (κ2) is 4.78. The van der Waals surface area contributed by atoms with Crippen LogP contribution in [0.5, 0.6) is 0 Å². The Hall–Kier alpha value is -1.51. The van der Waals surface area contributed by atoms with E-state index in [1.165, 1.54) is 5.56 Å². The summed E-state index contributed by atoms with van der Waals surface area (Å²) in [6.45, 7) is 7.40. The van der Waals surface area contributed by atoms with Crippen molar-refractivity contribution in [1.29, 1.82) is 0 Å². The maximum absolute atomic E-state index is 6.02. The number of rotatable bonds is 3. The molecule has 92 valence electrons. The smallest absolute Gasteiger partial charge is 0.196 e. The third-order valence-corrected chi connectivity index (χ3v) is 3.60. The molecule has 1 heterocycles. The predicted octanol–water partition coefficient (Wildman–Crippen LogP) is 2.54. The molecule has 2 atom stereocenters. The molecule has 2 unspecified atom stereocenters. The van der Waals surface area contributed by atoms with Gasteiger partial charge in [-0.3, -0.25) is 4.99 Å². The first-order valence-electron chi connectivity index (χ1n) is 6.29. The van der Waals surface area contributed by atoms with Gasteiger partial charge in [0.05, 0.1) is 12.6 Å². The van der Waals surface area contributed by atoms with Crippen molar-refractivity contribution in [3.8, 4) is 0 Å². The number of benzene rings is 1. The van der Waals surface area contributed by atoms with E-state index in [-0.39, 0.29) is 0 Å². The highest BCUT2D eigenvalue weighted by Crippen LogP contribution is 2.26. The molecule has 1 aromatic carbocycles. The van der Waals surface area contributed by atoms with E-state index in [1.807, 2.05) is 0 Å². The van der Waals surface area contributed by atoms with Crippen molar-refractivity contribution in [2.75, 3.05) is 11.4 Å². The summed E-state index contributed by atoms with van der Waals surface area (Å²) >= 11 is 0. The molecular formula is C14H21N3. The van der Waals surface area contributed by atoms with Crippen molar-refractivity contribution in [2.24, 2.45) is 16.6 Å². The molecule has 17 heavy (non-hydrogen) atoms. The van der Waals surface area contributed by atoms with Crippen LogP contribution >= 0.6 is 0 Å². The molecule has 1 aliphatic heterocycles. The Balaban J connectivity index is 2.30. The Labute approximate surface area is 103 Å². The number of aryl methyl sites for hydroxylation is 1. The Morgan fingerprint density at radius 1 is 1.53 bits per heavy atom. The summed E-state index contributed by atoms with van der Waals surface area (Å²) in [6, 6.07) is 8.86. The number of guanidine groups is 1. The zero-order valence-electron chi connectivity index (χ0n) is 10.9. The number of nitrogens with two attached hydrogens (primary N) is 1. The van der Waals surface area contributed by atoms with Gasteiger partial charge < -0.3 is 10.6 Å². The maximum atomic E-state index is 6.02. The first kappa shape index (κ1) is 12.0. The van der Waals surface area contributed by atoms with Gasteiger partial charge in [0.1, 0.15) is 0 Å². The van der Waals surface area contributed by atoms with Crippen LogP contribution in [0.1, 0.15) is 25.8 Å². The molecule has 0 aromatic heterocycles. The Kier molecular flexibility index (Phi) is 3.36. The third-order valence-electron chi connectivity index (χ3n) is 3.60. The molecule has 0 spiro atoms. The SMILES string of the molecule is CCC(C)C1CN=C(N)N1c1cccc(C)c1. The molecule has 0 aliphatic carbocycles. The van der Waals surface area contributed by atoms with Crippen LogP contribution in [0.4, 0.5) is 5.69 Å². The minimum absolute atomic E-state index is 0.404. The fourth-order valence-corrected chi connectivity index (χ4v) is 2.32. The van der Waals surface area contributed by atoms with Gasteiger partial charge in [0, 0.05) is 5.69 Å². The summed E-state index contributed by atoms with van der Waals surface area (Å²) in [4.78, 5) is 6.58. The third kappa shape index (κ3) is 2.28. The first-order chi connectivity index (χ1) is 8.13. The van der Waals surface area contributed by atoms with Gasteiger partial charge in [0.25, 0.3) is 0 Å². The van der Waals surface area contributed by atoms with Gasteiger partial charge in [0.2, 0.25) is 0 Å². The Morgan fingerprint density at radius 2 is 2.29 bits per heavy atom. The quantitative estimate of drug-likeness (QED) is 0.868. The Morgan fingerprint density at radius 3 is 2.94 bits per heavy atom. The highest BCUT2D eigenvalue weighted by molar-refractivity contribution is 5.97. The maximum Gasteiger partial charge on any atom is 0.196 e. The number of anilines is 1.